The van der Waals surface area contributed by atoms with Crippen molar-refractivity contribution in [1.82, 2.24) is 15.3 Å². The van der Waals surface area contributed by atoms with Crippen LogP contribution in [0.2, 0.25) is 0 Å². The highest BCUT2D eigenvalue weighted by molar-refractivity contribution is 5.83. The van der Waals surface area contributed by atoms with Gasteiger partial charge in [-0.25, -0.2) is 0 Å². The van der Waals surface area contributed by atoms with Crippen LogP contribution in [0.1, 0.15) is 29.7 Å². The Balaban J connectivity index is 1.27. The number of nitrogens with zero attached hydrogens (tertiary/aromatic N) is 1. The third-order valence-electron chi connectivity index (χ3n) is 5.46. The third-order valence-corrected chi connectivity index (χ3v) is 5.46. The molecule has 0 bridgehead atoms. The predicted octanol–water partition coefficient (Wildman–Crippen LogP) is 4.95. The molecule has 0 aliphatic carbocycles. The number of hydrogen-bond donors (Lipinski definition) is 4. The molecule has 0 amide bonds. The quantitative estimate of drug-likeness (QED) is 0.262. The third kappa shape index (κ3) is 5.94. The minimum atomic E-state index is 0.209. The summed E-state index contributed by atoms with van der Waals surface area (Å²) in [5, 5.41) is 16.9. The Labute approximate surface area is 183 Å². The van der Waals surface area contributed by atoms with E-state index in [0.717, 1.165) is 49.3 Å². The van der Waals surface area contributed by atoms with E-state index in [4.69, 9.17) is 5.11 Å². The summed E-state index contributed by atoms with van der Waals surface area (Å²) in [4.78, 5) is 7.76. The number of aromatic amines is 1. The summed E-state index contributed by atoms with van der Waals surface area (Å²) in [5.74, 6) is 0. The van der Waals surface area contributed by atoms with Gasteiger partial charge < -0.3 is 20.7 Å². The molecular weight excluding hydrogens is 384 g/mol. The van der Waals surface area contributed by atoms with Gasteiger partial charge in [-0.1, -0.05) is 30.3 Å². The first kappa shape index (κ1) is 21.1. The van der Waals surface area contributed by atoms with Gasteiger partial charge in [0.1, 0.15) is 0 Å². The second-order valence-electron chi connectivity index (χ2n) is 7.82. The maximum Gasteiger partial charge on any atom is 0.0562 e. The van der Waals surface area contributed by atoms with E-state index in [1.54, 1.807) is 0 Å². The number of nitrogens with one attached hydrogen (secondary N) is 3. The highest BCUT2D eigenvalue weighted by Gasteiger charge is 2.04. The van der Waals surface area contributed by atoms with E-state index in [0.29, 0.717) is 6.54 Å². The maximum atomic E-state index is 8.85. The Hall–Kier alpha value is -3.15. The lowest BCUT2D eigenvalue weighted by atomic mass is 10.0. The predicted molar refractivity (Wildman–Crippen MR) is 128 cm³/mol. The number of fused-ring (bicyclic) bond motifs is 1. The van der Waals surface area contributed by atoms with E-state index in [2.05, 4.69) is 81.4 Å². The van der Waals surface area contributed by atoms with Crippen LogP contribution in [-0.4, -0.2) is 28.2 Å². The van der Waals surface area contributed by atoms with Crippen molar-refractivity contribution < 1.29 is 5.11 Å². The molecule has 0 saturated heterocycles. The molecule has 5 heteroatoms. The van der Waals surface area contributed by atoms with Crippen LogP contribution < -0.4 is 10.6 Å². The van der Waals surface area contributed by atoms with Gasteiger partial charge in [0.25, 0.3) is 0 Å². The molecule has 0 unspecified atom stereocenters. The van der Waals surface area contributed by atoms with Crippen LogP contribution in [0, 0.1) is 0 Å². The monoisotopic (exact) mass is 414 g/mol. The minimum Gasteiger partial charge on any atom is -0.396 e. The smallest absolute Gasteiger partial charge is 0.0562 e. The molecule has 5 nitrogen and oxygen atoms in total. The van der Waals surface area contributed by atoms with Gasteiger partial charge in [-0.15, -0.1) is 0 Å². The normalized spacial score (nSPS) is 11.1. The van der Waals surface area contributed by atoms with Crippen molar-refractivity contribution in [3.63, 3.8) is 0 Å². The Morgan fingerprint density at radius 3 is 2.65 bits per heavy atom. The largest absolute Gasteiger partial charge is 0.396 e. The number of H-pyrrole nitrogens is 1. The molecule has 2 aromatic heterocycles. The van der Waals surface area contributed by atoms with Crippen LogP contribution in [-0.2, 0) is 19.4 Å². The first-order valence-corrected chi connectivity index (χ1v) is 11.0. The molecule has 0 saturated carbocycles. The standard InChI is InChI=1S/C26H30N4O/c31-16-4-14-27-19-24-17-23(13-15-28-24)30-22-11-9-20(10-12-22)5-3-6-21-18-29-26-8-2-1-7-25(21)26/h1-2,7-13,15,17-18,27,29,31H,3-6,14,16,19H2,(H,28,30). The van der Waals surface area contributed by atoms with Crippen LogP contribution in [0.3, 0.4) is 0 Å². The molecule has 0 aliphatic heterocycles. The molecule has 2 heterocycles. The Morgan fingerprint density at radius 2 is 1.77 bits per heavy atom. The topological polar surface area (TPSA) is 73.0 Å². The summed E-state index contributed by atoms with van der Waals surface area (Å²) < 4.78 is 0. The van der Waals surface area contributed by atoms with Crippen LogP contribution in [0.5, 0.6) is 0 Å². The summed E-state index contributed by atoms with van der Waals surface area (Å²) in [7, 11) is 0. The minimum absolute atomic E-state index is 0.209. The molecule has 4 rings (SSSR count). The Morgan fingerprint density at radius 1 is 0.903 bits per heavy atom. The lowest BCUT2D eigenvalue weighted by Gasteiger charge is -2.10. The fourth-order valence-electron chi connectivity index (χ4n) is 3.82. The van der Waals surface area contributed by atoms with Crippen molar-refractivity contribution in [2.24, 2.45) is 0 Å². The van der Waals surface area contributed by atoms with Crippen LogP contribution >= 0.6 is 0 Å². The second kappa shape index (κ2) is 10.8. The van der Waals surface area contributed by atoms with Crippen molar-refractivity contribution in [1.29, 1.82) is 0 Å². The van der Waals surface area contributed by atoms with Gasteiger partial charge in [-0.2, -0.15) is 0 Å². The van der Waals surface area contributed by atoms with E-state index in [1.807, 2.05) is 12.3 Å². The number of aromatic nitrogens is 2. The van der Waals surface area contributed by atoms with Crippen molar-refractivity contribution in [3.05, 3.63) is 89.9 Å². The molecule has 0 spiro atoms. The Bertz CT molecular complexity index is 1090. The molecule has 0 atom stereocenters. The van der Waals surface area contributed by atoms with Crippen LogP contribution in [0.25, 0.3) is 10.9 Å². The van der Waals surface area contributed by atoms with Crippen LogP contribution in [0.4, 0.5) is 11.4 Å². The highest BCUT2D eigenvalue weighted by Crippen LogP contribution is 2.21. The van der Waals surface area contributed by atoms with E-state index >= 15 is 0 Å². The van der Waals surface area contributed by atoms with E-state index < -0.39 is 0 Å². The van der Waals surface area contributed by atoms with Gasteiger partial charge in [0.15, 0.2) is 0 Å². The number of rotatable bonds is 11. The second-order valence-corrected chi connectivity index (χ2v) is 7.82. The maximum absolute atomic E-state index is 8.85. The van der Waals surface area contributed by atoms with E-state index in [1.165, 1.54) is 22.0 Å². The zero-order chi connectivity index (χ0) is 21.3. The van der Waals surface area contributed by atoms with Crippen molar-refractivity contribution in [2.75, 3.05) is 18.5 Å². The summed E-state index contributed by atoms with van der Waals surface area (Å²) in [6.45, 7) is 1.70. The van der Waals surface area contributed by atoms with Gasteiger partial charge >= 0.3 is 0 Å². The zero-order valence-electron chi connectivity index (χ0n) is 17.8. The number of para-hydroxylation sites is 1. The van der Waals surface area contributed by atoms with Crippen molar-refractivity contribution >= 4 is 22.3 Å². The van der Waals surface area contributed by atoms with E-state index in [9.17, 15) is 0 Å². The molecule has 31 heavy (non-hydrogen) atoms. The Kier molecular flexibility index (Phi) is 7.32. The molecule has 0 aliphatic rings. The fourth-order valence-corrected chi connectivity index (χ4v) is 3.82. The molecule has 0 fully saturated rings. The molecule has 4 aromatic rings. The number of pyridine rings is 1. The average Bonchev–Trinajstić information content (AvgIpc) is 3.21. The average molecular weight is 415 g/mol. The van der Waals surface area contributed by atoms with Gasteiger partial charge in [0, 0.05) is 47.8 Å². The number of benzene rings is 2. The first-order chi connectivity index (χ1) is 15.3. The van der Waals surface area contributed by atoms with Gasteiger partial charge in [-0.05, 0) is 73.7 Å². The van der Waals surface area contributed by atoms with Gasteiger partial charge in [-0.3, -0.25) is 4.98 Å². The SMILES string of the molecule is OCCCNCc1cc(Nc2ccc(CCCc3c[nH]c4ccccc34)cc2)ccn1. The van der Waals surface area contributed by atoms with E-state index in [-0.39, 0.29) is 6.61 Å². The van der Waals surface area contributed by atoms with Gasteiger partial charge in [0.05, 0.1) is 5.69 Å². The fraction of sp³-hybridized carbons (Fsp3) is 0.269. The van der Waals surface area contributed by atoms with Crippen molar-refractivity contribution in [3.8, 4) is 0 Å². The summed E-state index contributed by atoms with van der Waals surface area (Å²) in [6.07, 6.45) is 8.00. The lowest BCUT2D eigenvalue weighted by Crippen LogP contribution is -2.16. The number of aryl methyl sites for hydroxylation is 2. The zero-order valence-corrected chi connectivity index (χ0v) is 17.8. The van der Waals surface area contributed by atoms with Crippen LogP contribution in [0.15, 0.2) is 73.1 Å². The first-order valence-electron chi connectivity index (χ1n) is 11.0. The summed E-state index contributed by atoms with van der Waals surface area (Å²) >= 11 is 0. The number of aliphatic hydroxyl groups is 1. The number of anilines is 2. The lowest BCUT2D eigenvalue weighted by molar-refractivity contribution is 0.286. The number of aliphatic hydroxyl groups excluding tert-OH is 1. The molecular formula is C26H30N4O. The molecule has 0 radical (unpaired) electrons. The van der Waals surface area contributed by atoms with Crippen molar-refractivity contribution in [2.45, 2.75) is 32.2 Å². The summed E-state index contributed by atoms with van der Waals surface area (Å²) in [6, 6.07) is 21.2. The van der Waals surface area contributed by atoms with Gasteiger partial charge in [0.2, 0.25) is 0 Å². The summed E-state index contributed by atoms with van der Waals surface area (Å²) in [5.41, 5.74) is 7.05. The highest BCUT2D eigenvalue weighted by atomic mass is 16.3. The number of hydrogen-bond acceptors (Lipinski definition) is 4. The molecule has 4 N–H and O–H groups in total. The molecule has 2 aromatic carbocycles. The molecule has 160 valence electrons.